The van der Waals surface area contributed by atoms with Crippen molar-refractivity contribution in [2.75, 3.05) is 57.4 Å². The quantitative estimate of drug-likeness (QED) is 0.916. The fraction of sp³-hybridized carbons (Fsp3) is 0.600. The molecule has 2 aliphatic heterocycles. The molecule has 110 valence electrons. The number of piperazine rings is 1. The van der Waals surface area contributed by atoms with Crippen LogP contribution in [0.4, 0.5) is 5.69 Å². The normalized spacial score (nSPS) is 21.1. The average Bonchev–Trinajstić information content (AvgIpc) is 2.51. The molecule has 0 amide bonds. The standard InChI is InChI=1S/C15H22ClN3O/c16-15-11-14(19-7-9-20-10-8-19)2-1-13(15)12-18-5-3-17-4-6-18/h1-2,11,17H,3-10,12H2. The number of morpholine rings is 1. The lowest BCUT2D eigenvalue weighted by atomic mass is 10.1. The lowest BCUT2D eigenvalue weighted by Gasteiger charge is -2.30. The molecular formula is C15H22ClN3O. The molecule has 2 fully saturated rings. The Hall–Kier alpha value is -0.810. The molecule has 0 unspecified atom stereocenters. The van der Waals surface area contributed by atoms with E-state index >= 15 is 0 Å². The Morgan fingerprint density at radius 2 is 1.85 bits per heavy atom. The van der Waals surface area contributed by atoms with Crippen molar-refractivity contribution < 1.29 is 4.74 Å². The van der Waals surface area contributed by atoms with Crippen LogP contribution in [0.25, 0.3) is 0 Å². The summed E-state index contributed by atoms with van der Waals surface area (Å²) in [5, 5.41) is 4.26. The Bertz CT molecular complexity index is 443. The van der Waals surface area contributed by atoms with Gasteiger partial charge in [-0.1, -0.05) is 17.7 Å². The zero-order valence-corrected chi connectivity index (χ0v) is 12.5. The first-order valence-corrected chi connectivity index (χ1v) is 7.75. The number of hydrogen-bond acceptors (Lipinski definition) is 4. The van der Waals surface area contributed by atoms with Gasteiger partial charge < -0.3 is 15.0 Å². The Morgan fingerprint density at radius 3 is 2.55 bits per heavy atom. The van der Waals surface area contributed by atoms with Gasteiger partial charge in [-0.15, -0.1) is 0 Å². The Kier molecular flexibility index (Phi) is 4.78. The second-order valence-electron chi connectivity index (χ2n) is 5.40. The van der Waals surface area contributed by atoms with Gasteiger partial charge in [0.2, 0.25) is 0 Å². The molecule has 0 aliphatic carbocycles. The van der Waals surface area contributed by atoms with Crippen molar-refractivity contribution in [1.82, 2.24) is 10.2 Å². The van der Waals surface area contributed by atoms with Crippen molar-refractivity contribution in [3.05, 3.63) is 28.8 Å². The van der Waals surface area contributed by atoms with Crippen LogP contribution < -0.4 is 10.2 Å². The van der Waals surface area contributed by atoms with E-state index in [1.54, 1.807) is 0 Å². The predicted octanol–water partition coefficient (Wildman–Crippen LogP) is 1.58. The van der Waals surface area contributed by atoms with Crippen molar-refractivity contribution >= 4 is 17.3 Å². The summed E-state index contributed by atoms with van der Waals surface area (Å²) in [6.45, 7) is 8.81. The lowest BCUT2D eigenvalue weighted by molar-refractivity contribution is 0.122. The number of ether oxygens (including phenoxy) is 1. The second-order valence-corrected chi connectivity index (χ2v) is 5.81. The highest BCUT2D eigenvalue weighted by Crippen LogP contribution is 2.25. The topological polar surface area (TPSA) is 27.7 Å². The summed E-state index contributed by atoms with van der Waals surface area (Å²) >= 11 is 6.47. The van der Waals surface area contributed by atoms with E-state index in [9.17, 15) is 0 Å². The van der Waals surface area contributed by atoms with Crippen molar-refractivity contribution in [2.45, 2.75) is 6.54 Å². The molecule has 3 rings (SSSR count). The summed E-state index contributed by atoms with van der Waals surface area (Å²) in [5.41, 5.74) is 2.44. The SMILES string of the molecule is Clc1cc(N2CCOCC2)ccc1CN1CCNCC1. The van der Waals surface area contributed by atoms with Crippen LogP contribution in [0.15, 0.2) is 18.2 Å². The first-order chi connectivity index (χ1) is 9.83. The van der Waals surface area contributed by atoms with Crippen LogP contribution >= 0.6 is 11.6 Å². The minimum absolute atomic E-state index is 0.806. The maximum Gasteiger partial charge on any atom is 0.0642 e. The number of benzene rings is 1. The van der Waals surface area contributed by atoms with E-state index in [4.69, 9.17) is 16.3 Å². The van der Waals surface area contributed by atoms with Gasteiger partial charge in [-0.05, 0) is 17.7 Å². The number of anilines is 1. The number of nitrogens with one attached hydrogen (secondary N) is 1. The zero-order chi connectivity index (χ0) is 13.8. The van der Waals surface area contributed by atoms with Gasteiger partial charge in [0, 0.05) is 56.5 Å². The fourth-order valence-corrected chi connectivity index (χ4v) is 3.03. The van der Waals surface area contributed by atoms with Crippen molar-refractivity contribution in [3.8, 4) is 0 Å². The maximum absolute atomic E-state index is 6.47. The van der Waals surface area contributed by atoms with Crippen LogP contribution in [0.1, 0.15) is 5.56 Å². The highest BCUT2D eigenvalue weighted by molar-refractivity contribution is 6.31. The highest BCUT2D eigenvalue weighted by atomic mass is 35.5. The molecule has 0 radical (unpaired) electrons. The van der Waals surface area contributed by atoms with E-state index in [0.717, 1.165) is 64.0 Å². The number of hydrogen-bond donors (Lipinski definition) is 1. The molecule has 1 N–H and O–H groups in total. The molecule has 1 aromatic carbocycles. The molecule has 5 heteroatoms. The van der Waals surface area contributed by atoms with Gasteiger partial charge >= 0.3 is 0 Å². The first kappa shape index (κ1) is 14.1. The maximum atomic E-state index is 6.47. The lowest BCUT2D eigenvalue weighted by Crippen LogP contribution is -2.42. The smallest absolute Gasteiger partial charge is 0.0642 e. The van der Waals surface area contributed by atoms with E-state index in [2.05, 4.69) is 33.3 Å². The Labute approximate surface area is 125 Å². The molecule has 2 saturated heterocycles. The molecule has 0 atom stereocenters. The van der Waals surface area contributed by atoms with Crippen LogP contribution in [0.2, 0.25) is 5.02 Å². The van der Waals surface area contributed by atoms with Crippen molar-refractivity contribution in [3.63, 3.8) is 0 Å². The Balaban J connectivity index is 1.66. The number of rotatable bonds is 3. The molecule has 20 heavy (non-hydrogen) atoms. The van der Waals surface area contributed by atoms with Gasteiger partial charge in [0.15, 0.2) is 0 Å². The number of nitrogens with zero attached hydrogens (tertiary/aromatic N) is 2. The van der Waals surface area contributed by atoms with Crippen molar-refractivity contribution in [2.24, 2.45) is 0 Å². The van der Waals surface area contributed by atoms with E-state index in [0.29, 0.717) is 0 Å². The van der Waals surface area contributed by atoms with Gasteiger partial charge in [0.05, 0.1) is 13.2 Å². The molecule has 0 aromatic heterocycles. The third-order valence-electron chi connectivity index (χ3n) is 4.02. The summed E-state index contributed by atoms with van der Waals surface area (Å²) in [6, 6.07) is 6.47. The van der Waals surface area contributed by atoms with Gasteiger partial charge in [0.25, 0.3) is 0 Å². The van der Waals surface area contributed by atoms with E-state index in [-0.39, 0.29) is 0 Å². The summed E-state index contributed by atoms with van der Waals surface area (Å²) < 4.78 is 5.39. The molecular weight excluding hydrogens is 274 g/mol. The molecule has 0 saturated carbocycles. The van der Waals surface area contributed by atoms with E-state index < -0.39 is 0 Å². The van der Waals surface area contributed by atoms with Gasteiger partial charge in [-0.25, -0.2) is 0 Å². The van der Waals surface area contributed by atoms with E-state index in [1.807, 2.05) is 0 Å². The summed E-state index contributed by atoms with van der Waals surface area (Å²) in [6.07, 6.45) is 0. The third kappa shape index (κ3) is 3.44. The molecule has 2 aliphatic rings. The largest absolute Gasteiger partial charge is 0.378 e. The van der Waals surface area contributed by atoms with Crippen LogP contribution in [0.5, 0.6) is 0 Å². The minimum Gasteiger partial charge on any atom is -0.378 e. The van der Waals surface area contributed by atoms with Gasteiger partial charge in [-0.3, -0.25) is 4.90 Å². The van der Waals surface area contributed by atoms with Crippen LogP contribution in [-0.4, -0.2) is 57.4 Å². The predicted molar refractivity (Wildman–Crippen MR) is 82.6 cm³/mol. The average molecular weight is 296 g/mol. The summed E-state index contributed by atoms with van der Waals surface area (Å²) in [4.78, 5) is 4.79. The van der Waals surface area contributed by atoms with Crippen LogP contribution in [0.3, 0.4) is 0 Å². The fourth-order valence-electron chi connectivity index (χ4n) is 2.79. The molecule has 4 nitrogen and oxygen atoms in total. The second kappa shape index (κ2) is 6.76. The van der Waals surface area contributed by atoms with E-state index in [1.165, 1.54) is 11.3 Å². The molecule has 1 aromatic rings. The molecule has 0 bridgehead atoms. The number of halogens is 1. The first-order valence-electron chi connectivity index (χ1n) is 7.37. The van der Waals surface area contributed by atoms with Gasteiger partial charge in [0.1, 0.15) is 0 Å². The van der Waals surface area contributed by atoms with Crippen LogP contribution in [0, 0.1) is 0 Å². The van der Waals surface area contributed by atoms with Crippen molar-refractivity contribution in [1.29, 1.82) is 0 Å². The summed E-state index contributed by atoms with van der Waals surface area (Å²) in [7, 11) is 0. The molecule has 2 heterocycles. The monoisotopic (exact) mass is 295 g/mol. The Morgan fingerprint density at radius 1 is 1.10 bits per heavy atom. The zero-order valence-electron chi connectivity index (χ0n) is 11.8. The van der Waals surface area contributed by atoms with Crippen LogP contribution in [-0.2, 0) is 11.3 Å². The minimum atomic E-state index is 0.806. The van der Waals surface area contributed by atoms with Gasteiger partial charge in [-0.2, -0.15) is 0 Å². The third-order valence-corrected chi connectivity index (χ3v) is 4.37. The summed E-state index contributed by atoms with van der Waals surface area (Å²) in [5.74, 6) is 0. The highest BCUT2D eigenvalue weighted by Gasteiger charge is 2.15. The molecule has 0 spiro atoms.